The zero-order chi connectivity index (χ0) is 19.2. The zero-order valence-corrected chi connectivity index (χ0v) is 15.7. The number of nitrogens with zero attached hydrogens (tertiary/aromatic N) is 2. The Hall–Kier alpha value is -2.42. The molecule has 1 saturated carbocycles. The largest absolute Gasteiger partial charge is 0.355 e. The van der Waals surface area contributed by atoms with Crippen LogP contribution in [0.4, 0.5) is 0 Å². The van der Waals surface area contributed by atoms with Gasteiger partial charge in [0.25, 0.3) is 11.8 Å². The van der Waals surface area contributed by atoms with Gasteiger partial charge in [0.1, 0.15) is 5.69 Å². The van der Waals surface area contributed by atoms with Crippen molar-refractivity contribution in [1.29, 1.82) is 0 Å². The molecule has 2 N–H and O–H groups in total. The highest BCUT2D eigenvalue weighted by Crippen LogP contribution is 2.25. The topological polar surface area (TPSA) is 108 Å². The van der Waals surface area contributed by atoms with Crippen molar-refractivity contribution in [3.63, 3.8) is 0 Å². The number of nitrogens with one attached hydrogen (secondary N) is 2. The van der Waals surface area contributed by atoms with Gasteiger partial charge >= 0.3 is 0 Å². The van der Waals surface area contributed by atoms with E-state index in [1.807, 2.05) is 0 Å². The summed E-state index contributed by atoms with van der Waals surface area (Å²) in [6, 6.07) is 3.17. The van der Waals surface area contributed by atoms with E-state index < -0.39 is 11.8 Å². The van der Waals surface area contributed by atoms with Crippen LogP contribution in [-0.2, 0) is 9.59 Å². The quantitative estimate of drug-likeness (QED) is 0.593. The third kappa shape index (κ3) is 4.85. The molecule has 9 heteroatoms. The minimum atomic E-state index is -0.442. The first-order valence-electron chi connectivity index (χ1n) is 8.98. The molecule has 4 amide bonds. The normalized spacial score (nSPS) is 16.1. The van der Waals surface area contributed by atoms with Crippen LogP contribution >= 0.6 is 11.8 Å². The lowest BCUT2D eigenvalue weighted by Crippen LogP contribution is -2.39. The molecule has 0 atom stereocenters. The molecule has 1 aliphatic heterocycles. The average molecular weight is 390 g/mol. The Balaban J connectivity index is 1.30. The molecule has 2 heterocycles. The minimum absolute atomic E-state index is 0.0572. The van der Waals surface area contributed by atoms with Gasteiger partial charge in [0.15, 0.2) is 0 Å². The molecule has 2 aliphatic rings. The number of carbonyl (C=O) groups excluding carboxylic acids is 4. The number of hydrogen-bond acceptors (Lipinski definition) is 6. The fraction of sp³-hybridized carbons (Fsp3) is 0.500. The Labute approximate surface area is 161 Å². The number of carbonyl (C=O) groups is 4. The number of rotatable bonds is 9. The summed E-state index contributed by atoms with van der Waals surface area (Å²) in [7, 11) is 0. The number of amides is 4. The summed E-state index contributed by atoms with van der Waals surface area (Å²) < 4.78 is 0. The Kier molecular flexibility index (Phi) is 6.44. The number of thioether (sulfide) groups is 1. The Morgan fingerprint density at radius 3 is 2.56 bits per heavy atom. The van der Waals surface area contributed by atoms with Crippen molar-refractivity contribution in [1.82, 2.24) is 20.5 Å². The van der Waals surface area contributed by atoms with Gasteiger partial charge in [-0.2, -0.15) is 0 Å². The van der Waals surface area contributed by atoms with Gasteiger partial charge in [-0.05, 0) is 30.9 Å². The SMILES string of the molecule is O=C(CSCC(=O)NCC1CCC1)NCCN1C(=O)c2cccnc2C1=O. The maximum Gasteiger partial charge on any atom is 0.280 e. The Bertz CT molecular complexity index is 716. The second kappa shape index (κ2) is 8.98. The van der Waals surface area contributed by atoms with Crippen molar-refractivity contribution in [2.75, 3.05) is 31.1 Å². The van der Waals surface area contributed by atoms with Crippen molar-refractivity contribution in [3.05, 3.63) is 29.6 Å². The van der Waals surface area contributed by atoms with E-state index in [4.69, 9.17) is 0 Å². The summed E-state index contributed by atoms with van der Waals surface area (Å²) >= 11 is 1.24. The second-order valence-electron chi connectivity index (χ2n) is 6.61. The van der Waals surface area contributed by atoms with E-state index in [1.165, 1.54) is 37.2 Å². The van der Waals surface area contributed by atoms with Crippen LogP contribution < -0.4 is 10.6 Å². The predicted molar refractivity (Wildman–Crippen MR) is 100 cm³/mol. The van der Waals surface area contributed by atoms with E-state index >= 15 is 0 Å². The molecule has 0 aromatic carbocycles. The molecular weight excluding hydrogens is 368 g/mol. The van der Waals surface area contributed by atoms with E-state index in [0.29, 0.717) is 5.92 Å². The lowest BCUT2D eigenvalue weighted by molar-refractivity contribution is -0.119. The summed E-state index contributed by atoms with van der Waals surface area (Å²) in [4.78, 5) is 52.9. The van der Waals surface area contributed by atoms with Crippen LogP contribution in [0.3, 0.4) is 0 Å². The van der Waals surface area contributed by atoms with Gasteiger partial charge in [0.05, 0.1) is 17.1 Å². The maximum absolute atomic E-state index is 12.2. The van der Waals surface area contributed by atoms with Gasteiger partial charge in [-0.3, -0.25) is 29.1 Å². The van der Waals surface area contributed by atoms with Crippen molar-refractivity contribution in [2.24, 2.45) is 5.92 Å². The highest BCUT2D eigenvalue weighted by molar-refractivity contribution is 8.00. The van der Waals surface area contributed by atoms with Crippen LogP contribution in [-0.4, -0.2) is 64.7 Å². The minimum Gasteiger partial charge on any atom is -0.355 e. The first-order chi connectivity index (χ1) is 13.1. The highest BCUT2D eigenvalue weighted by atomic mass is 32.2. The summed E-state index contributed by atoms with van der Waals surface area (Å²) in [5.74, 6) is -0.123. The monoisotopic (exact) mass is 390 g/mol. The maximum atomic E-state index is 12.2. The third-order valence-corrected chi connectivity index (χ3v) is 5.60. The lowest BCUT2D eigenvalue weighted by atomic mass is 9.85. The van der Waals surface area contributed by atoms with E-state index in [0.717, 1.165) is 11.4 Å². The van der Waals surface area contributed by atoms with E-state index in [2.05, 4.69) is 15.6 Å². The van der Waals surface area contributed by atoms with Crippen molar-refractivity contribution >= 4 is 35.4 Å². The van der Waals surface area contributed by atoms with E-state index in [-0.39, 0.29) is 47.7 Å². The number of imide groups is 1. The molecule has 0 radical (unpaired) electrons. The van der Waals surface area contributed by atoms with Gasteiger partial charge in [0, 0.05) is 25.8 Å². The summed E-state index contributed by atoms with van der Waals surface area (Å²) in [5, 5.41) is 5.54. The predicted octanol–water partition coefficient (Wildman–Crippen LogP) is 0.443. The molecule has 0 bridgehead atoms. The molecular formula is C18H22N4O4S. The average Bonchev–Trinajstić information content (AvgIpc) is 2.86. The third-order valence-electron chi connectivity index (χ3n) is 4.67. The molecule has 1 aromatic heterocycles. The molecule has 8 nitrogen and oxygen atoms in total. The van der Waals surface area contributed by atoms with E-state index in [1.54, 1.807) is 12.1 Å². The fourth-order valence-corrected chi connectivity index (χ4v) is 3.59. The van der Waals surface area contributed by atoms with Gasteiger partial charge in [-0.15, -0.1) is 11.8 Å². The van der Waals surface area contributed by atoms with Crippen LogP contribution in [0.25, 0.3) is 0 Å². The molecule has 0 saturated heterocycles. The molecule has 144 valence electrons. The Morgan fingerprint density at radius 2 is 1.89 bits per heavy atom. The van der Waals surface area contributed by atoms with Crippen LogP contribution in [0, 0.1) is 5.92 Å². The van der Waals surface area contributed by atoms with Crippen LogP contribution in [0.5, 0.6) is 0 Å². The first kappa shape index (κ1) is 19.3. The first-order valence-corrected chi connectivity index (χ1v) is 10.1. The number of fused-ring (bicyclic) bond motifs is 1. The van der Waals surface area contributed by atoms with Crippen molar-refractivity contribution in [2.45, 2.75) is 19.3 Å². The molecule has 27 heavy (non-hydrogen) atoms. The summed E-state index contributed by atoms with van der Waals surface area (Å²) in [6.07, 6.45) is 5.07. The lowest BCUT2D eigenvalue weighted by Gasteiger charge is -2.25. The Morgan fingerprint density at radius 1 is 1.15 bits per heavy atom. The van der Waals surface area contributed by atoms with E-state index in [9.17, 15) is 19.2 Å². The van der Waals surface area contributed by atoms with Gasteiger partial charge in [-0.1, -0.05) is 6.42 Å². The van der Waals surface area contributed by atoms with Gasteiger partial charge < -0.3 is 10.6 Å². The standard InChI is InChI=1S/C18H22N4O4S/c23-14(10-27-11-15(24)21-9-12-3-1-4-12)19-7-8-22-17(25)13-5-2-6-20-16(13)18(22)26/h2,5-6,12H,1,3-4,7-11H2,(H,19,23)(H,21,24). The second-order valence-corrected chi connectivity index (χ2v) is 7.59. The summed E-state index contributed by atoms with van der Waals surface area (Å²) in [6.45, 7) is 0.978. The van der Waals surface area contributed by atoms with Crippen LogP contribution in [0.2, 0.25) is 0 Å². The number of pyridine rings is 1. The molecule has 3 rings (SSSR count). The highest BCUT2D eigenvalue weighted by Gasteiger charge is 2.36. The smallest absolute Gasteiger partial charge is 0.280 e. The molecule has 1 fully saturated rings. The molecule has 0 unspecified atom stereocenters. The number of aromatic nitrogens is 1. The molecule has 0 spiro atoms. The number of hydrogen-bond donors (Lipinski definition) is 2. The fourth-order valence-electron chi connectivity index (χ4n) is 2.92. The van der Waals surface area contributed by atoms with Crippen LogP contribution in [0.1, 0.15) is 40.1 Å². The van der Waals surface area contributed by atoms with Crippen LogP contribution in [0.15, 0.2) is 18.3 Å². The molecule has 1 aromatic rings. The zero-order valence-electron chi connectivity index (χ0n) is 14.9. The summed E-state index contributed by atoms with van der Waals surface area (Å²) in [5.41, 5.74) is 0.439. The van der Waals surface area contributed by atoms with Gasteiger partial charge in [-0.25, -0.2) is 0 Å². The van der Waals surface area contributed by atoms with Gasteiger partial charge in [0.2, 0.25) is 11.8 Å². The molecule has 1 aliphatic carbocycles. The van der Waals surface area contributed by atoms with Crippen molar-refractivity contribution < 1.29 is 19.2 Å². The van der Waals surface area contributed by atoms with Crippen molar-refractivity contribution in [3.8, 4) is 0 Å².